The average Bonchev–Trinajstić information content (AvgIpc) is 2.87. The largest absolute Gasteiger partial charge is 0.497 e. The zero-order valence-corrected chi connectivity index (χ0v) is 19.4. The first-order valence-corrected chi connectivity index (χ1v) is 12.1. The van der Waals surface area contributed by atoms with E-state index in [-0.39, 0.29) is 32.8 Å². The number of carbonyl (C=O) groups excluding carboxylic acids is 2. The molecule has 33 heavy (non-hydrogen) atoms. The molecular weight excluding hydrogens is 449 g/mol. The van der Waals surface area contributed by atoms with Gasteiger partial charge in [0.15, 0.2) is 0 Å². The fraction of sp³-hybridized carbons (Fsp3) is 0.364. The van der Waals surface area contributed by atoms with Crippen molar-refractivity contribution in [1.82, 2.24) is 15.1 Å². The van der Waals surface area contributed by atoms with E-state index in [0.717, 1.165) is 5.56 Å². The minimum atomic E-state index is -3.69. The summed E-state index contributed by atoms with van der Waals surface area (Å²) in [5.41, 5.74) is 2.44. The monoisotopic (exact) mass is 477 g/mol. The maximum absolute atomic E-state index is 14.1. The molecule has 2 amide bonds. The number of hydrogen-bond acceptors (Lipinski definition) is 7. The quantitative estimate of drug-likeness (QED) is 0.338. The van der Waals surface area contributed by atoms with Crippen molar-refractivity contribution in [2.45, 2.75) is 19.6 Å². The van der Waals surface area contributed by atoms with Crippen molar-refractivity contribution in [3.8, 4) is 5.75 Å². The maximum Gasteiger partial charge on any atom is 0.410 e. The molecule has 3 rings (SSSR count). The van der Waals surface area contributed by atoms with Crippen LogP contribution >= 0.6 is 7.52 Å². The summed E-state index contributed by atoms with van der Waals surface area (Å²) in [7, 11) is -2.17. The Bertz CT molecular complexity index is 987. The number of hydrogen-bond donors (Lipinski definition) is 2. The molecule has 0 saturated carbocycles. The summed E-state index contributed by atoms with van der Waals surface area (Å²) in [5, 5.41) is 9.68. The van der Waals surface area contributed by atoms with Gasteiger partial charge in [0.05, 0.1) is 19.0 Å². The van der Waals surface area contributed by atoms with Crippen LogP contribution in [0.2, 0.25) is 0 Å². The van der Waals surface area contributed by atoms with Crippen LogP contribution in [0.5, 0.6) is 5.75 Å². The molecule has 0 aliphatic carbocycles. The molecule has 0 aromatic heterocycles. The summed E-state index contributed by atoms with van der Waals surface area (Å²) in [5.74, 6) is -0.221. The molecule has 0 bridgehead atoms. The van der Waals surface area contributed by atoms with E-state index < -0.39 is 25.6 Å². The first-order chi connectivity index (χ1) is 15.9. The fourth-order valence-electron chi connectivity index (χ4n) is 3.60. The number of methoxy groups -OCH3 is 1. The van der Waals surface area contributed by atoms with Gasteiger partial charge in [0.25, 0.3) is 5.91 Å². The van der Waals surface area contributed by atoms with Crippen molar-refractivity contribution in [2.75, 3.05) is 33.4 Å². The molecule has 1 aliphatic heterocycles. The molecule has 2 N–H and O–H groups in total. The van der Waals surface area contributed by atoms with Crippen LogP contribution in [0.15, 0.2) is 54.6 Å². The molecule has 10 nitrogen and oxygen atoms in total. The second kappa shape index (κ2) is 11.3. The van der Waals surface area contributed by atoms with Crippen LogP contribution in [0, 0.1) is 0 Å². The van der Waals surface area contributed by atoms with Gasteiger partial charge in [-0.2, -0.15) is 0 Å². The normalized spacial score (nSPS) is 18.3. The second-order valence-electron chi connectivity index (χ2n) is 7.28. The molecule has 11 heteroatoms. The molecule has 1 aliphatic rings. The smallest absolute Gasteiger partial charge is 0.410 e. The highest BCUT2D eigenvalue weighted by Crippen LogP contribution is 2.51. The summed E-state index contributed by atoms with van der Waals surface area (Å²) >= 11 is 0. The standard InChI is InChI=1S/C22H28N3O7P/c1-3-32-33(29,19-11-9-18(30-2)10-12-19)25-14-13-24(15-20(25)21(26)23-28)22(27)31-16-17-7-5-4-6-8-17/h4-12,20,28H,3,13-16H2,1-2H3,(H,23,26)/t20-,33?/m1/s1. The highest BCUT2D eigenvalue weighted by molar-refractivity contribution is 7.64. The van der Waals surface area contributed by atoms with Crippen molar-refractivity contribution >= 4 is 24.8 Å². The van der Waals surface area contributed by atoms with Gasteiger partial charge in [0.2, 0.25) is 0 Å². The Hall–Kier alpha value is -2.91. The van der Waals surface area contributed by atoms with Crippen molar-refractivity contribution < 1.29 is 33.4 Å². The number of rotatable bonds is 8. The number of ether oxygens (including phenoxy) is 2. The Kier molecular flexibility index (Phi) is 8.46. The Labute approximate surface area is 192 Å². The molecule has 2 atom stereocenters. The van der Waals surface area contributed by atoms with E-state index in [4.69, 9.17) is 14.0 Å². The lowest BCUT2D eigenvalue weighted by Gasteiger charge is -2.42. The minimum Gasteiger partial charge on any atom is -0.497 e. The third-order valence-corrected chi connectivity index (χ3v) is 7.98. The minimum absolute atomic E-state index is 0.0713. The van der Waals surface area contributed by atoms with Crippen molar-refractivity contribution in [1.29, 1.82) is 0 Å². The third kappa shape index (κ3) is 5.72. The van der Waals surface area contributed by atoms with Crippen molar-refractivity contribution in [3.63, 3.8) is 0 Å². The van der Waals surface area contributed by atoms with Crippen LogP contribution < -0.4 is 15.5 Å². The van der Waals surface area contributed by atoms with E-state index in [9.17, 15) is 19.4 Å². The molecular formula is C22H28N3O7P. The van der Waals surface area contributed by atoms with Gasteiger partial charge in [-0.05, 0) is 36.8 Å². The SMILES string of the molecule is CCOP(=O)(c1ccc(OC)cc1)N1CCN(C(=O)OCc2ccccc2)C[C@@H]1C(=O)NO. The Morgan fingerprint density at radius 1 is 1.12 bits per heavy atom. The van der Waals surface area contributed by atoms with Gasteiger partial charge in [-0.3, -0.25) is 14.6 Å². The number of piperazine rings is 1. The van der Waals surface area contributed by atoms with E-state index in [2.05, 4.69) is 0 Å². The first kappa shape index (κ1) is 24.7. The van der Waals surface area contributed by atoms with Crippen molar-refractivity contribution in [3.05, 3.63) is 60.2 Å². The number of amides is 2. The van der Waals surface area contributed by atoms with Gasteiger partial charge in [0.1, 0.15) is 18.4 Å². The Morgan fingerprint density at radius 3 is 2.42 bits per heavy atom. The van der Waals surface area contributed by atoms with Crippen LogP contribution in [0.3, 0.4) is 0 Å². The third-order valence-electron chi connectivity index (χ3n) is 5.27. The number of hydroxylamine groups is 1. The van der Waals surface area contributed by atoms with Crippen LogP contribution in [-0.4, -0.2) is 66.2 Å². The first-order valence-electron chi connectivity index (χ1n) is 10.5. The van der Waals surface area contributed by atoms with Gasteiger partial charge in [-0.1, -0.05) is 30.3 Å². The van der Waals surface area contributed by atoms with E-state index in [1.165, 1.54) is 16.7 Å². The highest BCUT2D eigenvalue weighted by atomic mass is 31.2. The van der Waals surface area contributed by atoms with Gasteiger partial charge < -0.3 is 18.9 Å². The van der Waals surface area contributed by atoms with Gasteiger partial charge in [-0.25, -0.2) is 14.9 Å². The zero-order chi connectivity index (χ0) is 23.8. The van der Waals surface area contributed by atoms with Crippen LogP contribution in [-0.2, 0) is 25.2 Å². The highest BCUT2D eigenvalue weighted by Gasteiger charge is 2.45. The predicted molar refractivity (Wildman–Crippen MR) is 120 cm³/mol. The van der Waals surface area contributed by atoms with Crippen LogP contribution in [0.1, 0.15) is 12.5 Å². The number of carbonyl (C=O) groups is 2. The molecule has 2 aromatic carbocycles. The average molecular weight is 477 g/mol. The molecule has 2 aromatic rings. The fourth-order valence-corrected chi connectivity index (χ4v) is 5.97. The van der Waals surface area contributed by atoms with E-state index in [0.29, 0.717) is 11.1 Å². The summed E-state index contributed by atoms with van der Waals surface area (Å²) in [6.45, 7) is 2.02. The summed E-state index contributed by atoms with van der Waals surface area (Å²) in [4.78, 5) is 26.5. The zero-order valence-electron chi connectivity index (χ0n) is 18.5. The topological polar surface area (TPSA) is 118 Å². The maximum atomic E-state index is 14.1. The molecule has 1 unspecified atom stereocenters. The van der Waals surface area contributed by atoms with Crippen LogP contribution in [0.25, 0.3) is 0 Å². The Morgan fingerprint density at radius 2 is 1.82 bits per heavy atom. The molecule has 1 saturated heterocycles. The lowest BCUT2D eigenvalue weighted by Crippen LogP contribution is -2.59. The number of nitrogens with one attached hydrogen (secondary N) is 1. The lowest BCUT2D eigenvalue weighted by molar-refractivity contribution is -0.134. The number of nitrogens with zero attached hydrogens (tertiary/aromatic N) is 2. The molecule has 178 valence electrons. The lowest BCUT2D eigenvalue weighted by atomic mass is 10.2. The summed E-state index contributed by atoms with van der Waals surface area (Å²) in [6, 6.07) is 14.6. The van der Waals surface area contributed by atoms with Gasteiger partial charge in [0, 0.05) is 19.6 Å². The summed E-state index contributed by atoms with van der Waals surface area (Å²) < 4.78 is 31.7. The predicted octanol–water partition coefficient (Wildman–Crippen LogP) is 2.38. The Balaban J connectivity index is 1.80. The molecule has 0 radical (unpaired) electrons. The number of benzene rings is 2. The van der Waals surface area contributed by atoms with E-state index >= 15 is 0 Å². The van der Waals surface area contributed by atoms with Crippen molar-refractivity contribution in [2.24, 2.45) is 0 Å². The molecule has 1 fully saturated rings. The van der Waals surface area contributed by atoms with Crippen LogP contribution in [0.4, 0.5) is 4.79 Å². The molecule has 1 heterocycles. The van der Waals surface area contributed by atoms with Gasteiger partial charge >= 0.3 is 13.6 Å². The summed E-state index contributed by atoms with van der Waals surface area (Å²) in [6.07, 6.45) is -0.607. The van der Waals surface area contributed by atoms with E-state index in [1.54, 1.807) is 36.7 Å². The van der Waals surface area contributed by atoms with E-state index in [1.807, 2.05) is 30.3 Å². The van der Waals surface area contributed by atoms with Gasteiger partial charge in [-0.15, -0.1) is 0 Å². The molecule has 0 spiro atoms. The second-order valence-corrected chi connectivity index (χ2v) is 9.61.